The molecule has 0 saturated heterocycles. The second-order valence-corrected chi connectivity index (χ2v) is 7.81. The molecule has 0 aliphatic heterocycles. The van der Waals surface area contributed by atoms with Crippen LogP contribution in [-0.2, 0) is 6.61 Å². The smallest absolute Gasteiger partial charge is 0.342 e. The second kappa shape index (κ2) is 10.1. The van der Waals surface area contributed by atoms with Crippen molar-refractivity contribution in [1.82, 2.24) is 4.98 Å². The van der Waals surface area contributed by atoms with E-state index in [9.17, 15) is 24.6 Å². The van der Waals surface area contributed by atoms with Crippen LogP contribution in [0.2, 0.25) is 0 Å². The van der Waals surface area contributed by atoms with Crippen LogP contribution in [0.1, 0.15) is 26.3 Å². The molecule has 0 aliphatic carbocycles. The van der Waals surface area contributed by atoms with E-state index in [-0.39, 0.29) is 17.7 Å². The summed E-state index contributed by atoms with van der Waals surface area (Å²) in [7, 11) is 1.46. The number of H-pyrrole nitrogens is 1. The average molecular weight is 486 g/mol. The number of carboxylic acids is 2. The van der Waals surface area contributed by atoms with E-state index in [0.29, 0.717) is 17.1 Å². The second-order valence-electron chi connectivity index (χ2n) is 7.81. The number of nitrogens with two attached hydrogens (primary N) is 1. The fraction of sp³-hybridized carbons (Fsp3) is 0.0741. The quantitative estimate of drug-likeness (QED) is 0.288. The zero-order chi connectivity index (χ0) is 25.8. The summed E-state index contributed by atoms with van der Waals surface area (Å²) in [4.78, 5) is 38.2. The van der Waals surface area contributed by atoms with Crippen LogP contribution < -0.4 is 20.8 Å². The Kier molecular flexibility index (Phi) is 6.73. The van der Waals surface area contributed by atoms with E-state index in [1.807, 2.05) is 54.6 Å². The van der Waals surface area contributed by atoms with Gasteiger partial charge in [-0.15, -0.1) is 0 Å². The first-order valence-corrected chi connectivity index (χ1v) is 10.8. The van der Waals surface area contributed by atoms with Crippen molar-refractivity contribution >= 4 is 17.8 Å². The number of aromatic nitrogens is 1. The number of anilines is 1. The lowest BCUT2D eigenvalue weighted by molar-refractivity contribution is 0.0695. The van der Waals surface area contributed by atoms with Gasteiger partial charge in [-0.05, 0) is 41.0 Å². The number of pyridine rings is 1. The Balaban J connectivity index is 1.70. The lowest BCUT2D eigenvalue weighted by Gasteiger charge is -2.15. The minimum absolute atomic E-state index is 0.0329. The van der Waals surface area contributed by atoms with Crippen LogP contribution in [0.5, 0.6) is 11.5 Å². The van der Waals surface area contributed by atoms with Crippen LogP contribution in [0.4, 0.5) is 5.82 Å². The molecule has 36 heavy (non-hydrogen) atoms. The minimum atomic E-state index is -1.58. The van der Waals surface area contributed by atoms with E-state index < -0.39 is 34.4 Å². The third-order valence-corrected chi connectivity index (χ3v) is 5.60. The Morgan fingerprint density at radius 1 is 0.861 bits per heavy atom. The van der Waals surface area contributed by atoms with Crippen molar-refractivity contribution in [2.45, 2.75) is 6.61 Å². The predicted molar refractivity (Wildman–Crippen MR) is 134 cm³/mol. The molecule has 0 fully saturated rings. The number of aromatic amines is 1. The highest BCUT2D eigenvalue weighted by molar-refractivity contribution is 6.07. The molecule has 0 amide bonds. The third-order valence-electron chi connectivity index (χ3n) is 5.60. The first-order chi connectivity index (χ1) is 17.3. The van der Waals surface area contributed by atoms with Crippen LogP contribution in [0.3, 0.4) is 0 Å². The number of nitrogen functional groups attached to an aromatic ring is 1. The summed E-state index contributed by atoms with van der Waals surface area (Å²) in [5.74, 6) is -2.49. The molecule has 0 spiro atoms. The molecule has 0 saturated carbocycles. The highest BCUT2D eigenvalue weighted by Gasteiger charge is 2.27. The summed E-state index contributed by atoms with van der Waals surface area (Å²) in [5.41, 5.74) is 5.96. The molecule has 0 radical (unpaired) electrons. The van der Waals surface area contributed by atoms with Gasteiger partial charge >= 0.3 is 11.9 Å². The van der Waals surface area contributed by atoms with Crippen molar-refractivity contribution in [2.24, 2.45) is 0 Å². The highest BCUT2D eigenvalue weighted by Crippen LogP contribution is 2.33. The molecular formula is C27H22N2O7. The standard InChI is InChI=1S/C27H22N2O7/c1-35-20-12-9-17(21-22(26(31)32)24(28)29-25(30)23(21)27(33)34)13-18(20)14-36-19-10-7-16(8-11-19)15-5-3-2-4-6-15/h2-13H,14H2,1H3,(H,31,32)(H,33,34)(H3,28,29,30). The van der Waals surface area contributed by atoms with Crippen LogP contribution in [-0.4, -0.2) is 34.2 Å². The van der Waals surface area contributed by atoms with E-state index in [0.717, 1.165) is 11.1 Å². The zero-order valence-electron chi connectivity index (χ0n) is 19.1. The van der Waals surface area contributed by atoms with Gasteiger partial charge in [0.15, 0.2) is 0 Å². The number of hydrogen-bond acceptors (Lipinski definition) is 6. The molecule has 9 heteroatoms. The van der Waals surface area contributed by atoms with Crippen LogP contribution in [0, 0.1) is 0 Å². The van der Waals surface area contributed by atoms with Gasteiger partial charge in [0.25, 0.3) is 5.56 Å². The first-order valence-electron chi connectivity index (χ1n) is 10.8. The van der Waals surface area contributed by atoms with Gasteiger partial charge in [-0.1, -0.05) is 48.5 Å². The average Bonchev–Trinajstić information content (AvgIpc) is 2.87. The lowest BCUT2D eigenvalue weighted by Crippen LogP contribution is -2.24. The van der Waals surface area contributed by atoms with E-state index in [1.165, 1.54) is 19.2 Å². The van der Waals surface area contributed by atoms with Crippen molar-refractivity contribution in [3.05, 3.63) is 99.8 Å². The molecule has 3 aromatic carbocycles. The Bertz CT molecular complexity index is 1490. The van der Waals surface area contributed by atoms with Crippen molar-refractivity contribution < 1.29 is 29.3 Å². The van der Waals surface area contributed by atoms with Crippen LogP contribution in [0.15, 0.2) is 77.6 Å². The summed E-state index contributed by atoms with van der Waals surface area (Å²) in [5, 5.41) is 19.3. The number of ether oxygens (including phenoxy) is 2. The number of methoxy groups -OCH3 is 1. The molecule has 4 aromatic rings. The number of nitrogens with one attached hydrogen (secondary N) is 1. The molecule has 0 atom stereocenters. The van der Waals surface area contributed by atoms with Gasteiger partial charge in [0.2, 0.25) is 0 Å². The van der Waals surface area contributed by atoms with E-state index in [1.54, 1.807) is 6.07 Å². The molecule has 1 heterocycles. The monoisotopic (exact) mass is 486 g/mol. The molecule has 1 aromatic heterocycles. The van der Waals surface area contributed by atoms with Crippen molar-refractivity contribution in [2.75, 3.05) is 12.8 Å². The largest absolute Gasteiger partial charge is 0.496 e. The third kappa shape index (κ3) is 4.76. The lowest BCUT2D eigenvalue weighted by atomic mass is 9.94. The number of rotatable bonds is 8. The van der Waals surface area contributed by atoms with E-state index in [2.05, 4.69) is 4.98 Å². The summed E-state index contributed by atoms with van der Waals surface area (Å²) in [6.45, 7) is 0.0329. The maximum absolute atomic E-state index is 12.3. The molecular weight excluding hydrogens is 464 g/mol. The van der Waals surface area contributed by atoms with E-state index >= 15 is 0 Å². The molecule has 0 bridgehead atoms. The Morgan fingerprint density at radius 2 is 1.47 bits per heavy atom. The molecule has 0 aliphatic rings. The summed E-state index contributed by atoms with van der Waals surface area (Å²) < 4.78 is 11.3. The fourth-order valence-corrected chi connectivity index (χ4v) is 3.92. The van der Waals surface area contributed by atoms with Gasteiger partial charge in [-0.3, -0.25) is 4.79 Å². The molecule has 0 unspecified atom stereocenters. The highest BCUT2D eigenvalue weighted by atomic mass is 16.5. The summed E-state index contributed by atoms with van der Waals surface area (Å²) in [6, 6.07) is 21.9. The van der Waals surface area contributed by atoms with Crippen molar-refractivity contribution in [1.29, 1.82) is 0 Å². The molecule has 182 valence electrons. The normalized spacial score (nSPS) is 10.6. The fourth-order valence-electron chi connectivity index (χ4n) is 3.92. The Hall–Kier alpha value is -5.05. The van der Waals surface area contributed by atoms with Gasteiger partial charge in [0.1, 0.15) is 35.1 Å². The Labute approximate surface area is 205 Å². The number of carbonyl (C=O) groups is 2. The molecule has 9 nitrogen and oxygen atoms in total. The van der Waals surface area contributed by atoms with Gasteiger partial charge in [-0.25, -0.2) is 9.59 Å². The first kappa shape index (κ1) is 24.1. The SMILES string of the molecule is COc1ccc(-c2c(C(=O)O)c(N)[nH]c(=O)c2C(=O)O)cc1COc1ccc(-c2ccccc2)cc1. The van der Waals surface area contributed by atoms with Crippen molar-refractivity contribution in [3.8, 4) is 33.8 Å². The zero-order valence-corrected chi connectivity index (χ0v) is 19.1. The molecule has 5 N–H and O–H groups in total. The van der Waals surface area contributed by atoms with Crippen LogP contribution >= 0.6 is 0 Å². The van der Waals surface area contributed by atoms with Gasteiger partial charge in [-0.2, -0.15) is 0 Å². The maximum Gasteiger partial charge on any atom is 0.342 e. The van der Waals surface area contributed by atoms with Gasteiger partial charge in [0.05, 0.1) is 7.11 Å². The van der Waals surface area contributed by atoms with E-state index in [4.69, 9.17) is 15.2 Å². The van der Waals surface area contributed by atoms with Crippen LogP contribution in [0.25, 0.3) is 22.3 Å². The topological polar surface area (TPSA) is 152 Å². The Morgan fingerprint density at radius 3 is 2.08 bits per heavy atom. The number of aromatic carboxylic acids is 2. The predicted octanol–water partition coefficient (Wildman–Crippen LogP) is 4.28. The van der Waals surface area contributed by atoms with Gasteiger partial charge < -0.3 is 30.4 Å². The number of benzene rings is 3. The van der Waals surface area contributed by atoms with Crippen molar-refractivity contribution in [3.63, 3.8) is 0 Å². The molecule has 4 rings (SSSR count). The maximum atomic E-state index is 12.3. The minimum Gasteiger partial charge on any atom is -0.496 e. The number of hydrogen-bond donors (Lipinski definition) is 4. The van der Waals surface area contributed by atoms with Gasteiger partial charge in [0, 0.05) is 11.1 Å². The summed E-state index contributed by atoms with van der Waals surface area (Å²) >= 11 is 0. The number of carboxylic acid groups (broad SMARTS) is 2. The summed E-state index contributed by atoms with van der Waals surface area (Å²) in [6.07, 6.45) is 0.